The summed E-state index contributed by atoms with van der Waals surface area (Å²) in [6.07, 6.45) is 2.31. The molecule has 1 aromatic heterocycles. The number of halogens is 1. The van der Waals surface area contributed by atoms with Crippen LogP contribution in [0.1, 0.15) is 37.5 Å². The molecule has 0 aliphatic heterocycles. The number of rotatable bonds is 5. The molecule has 0 spiro atoms. The lowest BCUT2D eigenvalue weighted by Crippen LogP contribution is -2.43. The van der Waals surface area contributed by atoms with E-state index in [-0.39, 0.29) is 22.1 Å². The Kier molecular flexibility index (Phi) is 6.19. The van der Waals surface area contributed by atoms with Crippen LogP contribution in [0.2, 0.25) is 0 Å². The summed E-state index contributed by atoms with van der Waals surface area (Å²) >= 11 is 0. The first-order chi connectivity index (χ1) is 15.6. The molecule has 1 saturated carbocycles. The average Bonchev–Trinajstić information content (AvgIpc) is 3.24. The number of hydrogen-bond acceptors (Lipinski definition) is 6. The predicted octanol–water partition coefficient (Wildman–Crippen LogP) is 3.59. The number of nitrogens with two attached hydrogens (primary N) is 2. The van der Waals surface area contributed by atoms with Crippen LogP contribution >= 0.6 is 0 Å². The van der Waals surface area contributed by atoms with Gasteiger partial charge in [-0.2, -0.15) is 0 Å². The number of benzene rings is 2. The summed E-state index contributed by atoms with van der Waals surface area (Å²) in [5.41, 5.74) is 6.29. The monoisotopic (exact) mass is 474 g/mol. The Morgan fingerprint density at radius 1 is 1.15 bits per heavy atom. The first kappa shape index (κ1) is 22.9. The number of primary sulfonamides is 1. The fraction of sp³-hybridized carbons (Fsp3) is 0.273. The van der Waals surface area contributed by atoms with Gasteiger partial charge in [0, 0.05) is 17.0 Å². The summed E-state index contributed by atoms with van der Waals surface area (Å²) in [5, 5.41) is 15.9. The van der Waals surface area contributed by atoms with Gasteiger partial charge in [0.25, 0.3) is 0 Å². The lowest BCUT2D eigenvalue weighted by Gasteiger charge is -2.31. The quantitative estimate of drug-likeness (QED) is 0.379. The van der Waals surface area contributed by atoms with Gasteiger partial charge < -0.3 is 10.2 Å². The maximum absolute atomic E-state index is 13.5. The lowest BCUT2D eigenvalue weighted by atomic mass is 9.85. The topological polar surface area (TPSA) is 153 Å². The van der Waals surface area contributed by atoms with Crippen molar-refractivity contribution in [1.82, 2.24) is 10.0 Å². The number of amides is 2. The Hall–Kier alpha value is -3.28. The van der Waals surface area contributed by atoms with Gasteiger partial charge in [-0.15, -0.1) is 0 Å². The van der Waals surface area contributed by atoms with Crippen molar-refractivity contribution >= 4 is 16.1 Å². The molecule has 11 heteroatoms. The number of oxazole rings is 1. The third-order valence-corrected chi connectivity index (χ3v) is 6.74. The highest BCUT2D eigenvalue weighted by atomic mass is 32.2. The van der Waals surface area contributed by atoms with Crippen molar-refractivity contribution in [1.29, 1.82) is 0 Å². The van der Waals surface area contributed by atoms with E-state index < -0.39 is 27.9 Å². The van der Waals surface area contributed by atoms with E-state index >= 15 is 0 Å². The third kappa shape index (κ3) is 4.75. The second kappa shape index (κ2) is 8.93. The lowest BCUT2D eigenvalue weighted by molar-refractivity contribution is -0.0865. The molecular formula is C22H23FN4O5S. The van der Waals surface area contributed by atoms with Crippen LogP contribution in [0.5, 0.6) is 0 Å². The van der Waals surface area contributed by atoms with Crippen LogP contribution in [-0.2, 0) is 10.0 Å². The van der Waals surface area contributed by atoms with Crippen molar-refractivity contribution in [2.45, 2.75) is 42.5 Å². The van der Waals surface area contributed by atoms with Crippen LogP contribution < -0.4 is 10.9 Å². The first-order valence-corrected chi connectivity index (χ1v) is 11.9. The SMILES string of the molecule is NC(=O)N(O)C1CCCC(c2nc(-c3ccc(F)cc3)c(-c3ccccc3S(N)(=O)=O)o2)C1. The fourth-order valence-electron chi connectivity index (χ4n) is 4.19. The van der Waals surface area contributed by atoms with E-state index in [4.69, 9.17) is 15.3 Å². The third-order valence-electron chi connectivity index (χ3n) is 5.77. The van der Waals surface area contributed by atoms with Gasteiger partial charge in [-0.3, -0.25) is 5.21 Å². The van der Waals surface area contributed by atoms with E-state index in [1.807, 2.05) is 0 Å². The van der Waals surface area contributed by atoms with E-state index in [9.17, 15) is 22.8 Å². The minimum absolute atomic E-state index is 0.132. The van der Waals surface area contributed by atoms with Gasteiger partial charge in [0.05, 0.1) is 10.9 Å². The second-order valence-corrected chi connectivity index (χ2v) is 9.51. The summed E-state index contributed by atoms with van der Waals surface area (Å²) in [6.45, 7) is 0. The predicted molar refractivity (Wildman–Crippen MR) is 117 cm³/mol. The zero-order chi connectivity index (χ0) is 23.8. The average molecular weight is 475 g/mol. The molecule has 0 bridgehead atoms. The minimum atomic E-state index is -4.07. The summed E-state index contributed by atoms with van der Waals surface area (Å²) in [7, 11) is -4.07. The summed E-state index contributed by atoms with van der Waals surface area (Å²) in [5.74, 6) is -0.193. The molecule has 1 fully saturated rings. The highest BCUT2D eigenvalue weighted by Gasteiger charge is 2.33. The van der Waals surface area contributed by atoms with Crippen molar-refractivity contribution in [3.05, 3.63) is 60.2 Å². The Balaban J connectivity index is 1.82. The smallest absolute Gasteiger partial charge is 0.338 e. The molecular weight excluding hydrogens is 451 g/mol. The highest BCUT2D eigenvalue weighted by molar-refractivity contribution is 7.89. The molecule has 3 aromatic rings. The van der Waals surface area contributed by atoms with Crippen molar-refractivity contribution in [3.63, 3.8) is 0 Å². The van der Waals surface area contributed by atoms with Crippen LogP contribution in [0, 0.1) is 5.82 Å². The minimum Gasteiger partial charge on any atom is -0.440 e. The largest absolute Gasteiger partial charge is 0.440 e. The number of sulfonamides is 1. The van der Waals surface area contributed by atoms with Crippen molar-refractivity contribution in [2.75, 3.05) is 0 Å². The van der Waals surface area contributed by atoms with Gasteiger partial charge in [0.15, 0.2) is 11.7 Å². The van der Waals surface area contributed by atoms with E-state index in [0.29, 0.717) is 47.9 Å². The number of urea groups is 1. The molecule has 2 atom stereocenters. The zero-order valence-corrected chi connectivity index (χ0v) is 18.3. The number of hydroxylamine groups is 2. The number of nitrogens with zero attached hydrogens (tertiary/aromatic N) is 2. The van der Waals surface area contributed by atoms with E-state index in [0.717, 1.165) is 0 Å². The van der Waals surface area contributed by atoms with Crippen LogP contribution in [-0.4, -0.2) is 35.7 Å². The van der Waals surface area contributed by atoms with Crippen molar-refractivity contribution in [2.24, 2.45) is 10.9 Å². The van der Waals surface area contributed by atoms with Gasteiger partial charge in [0.1, 0.15) is 11.5 Å². The molecule has 4 rings (SSSR count). The Morgan fingerprint density at radius 2 is 1.85 bits per heavy atom. The Labute approximate surface area is 189 Å². The molecule has 174 valence electrons. The first-order valence-electron chi connectivity index (χ1n) is 10.3. The van der Waals surface area contributed by atoms with Gasteiger partial charge >= 0.3 is 6.03 Å². The van der Waals surface area contributed by atoms with E-state index in [1.54, 1.807) is 18.2 Å². The highest BCUT2D eigenvalue weighted by Crippen LogP contribution is 2.41. The van der Waals surface area contributed by atoms with E-state index in [1.165, 1.54) is 30.3 Å². The van der Waals surface area contributed by atoms with Crippen LogP contribution in [0.4, 0.5) is 9.18 Å². The maximum Gasteiger partial charge on any atom is 0.338 e. The Bertz CT molecular complexity index is 1280. The fourth-order valence-corrected chi connectivity index (χ4v) is 4.93. The van der Waals surface area contributed by atoms with Crippen LogP contribution in [0.3, 0.4) is 0 Å². The summed E-state index contributed by atoms with van der Waals surface area (Å²) < 4.78 is 44.0. The maximum atomic E-state index is 13.5. The van der Waals surface area contributed by atoms with Gasteiger partial charge in [0.2, 0.25) is 10.0 Å². The molecule has 33 heavy (non-hydrogen) atoms. The molecule has 9 nitrogen and oxygen atoms in total. The van der Waals surface area contributed by atoms with Crippen LogP contribution in [0.25, 0.3) is 22.6 Å². The molecule has 2 unspecified atom stereocenters. The second-order valence-electron chi connectivity index (χ2n) is 7.98. The molecule has 2 amide bonds. The number of aromatic nitrogens is 1. The summed E-state index contributed by atoms with van der Waals surface area (Å²) in [6, 6.07) is 10.3. The van der Waals surface area contributed by atoms with Crippen molar-refractivity contribution < 1.29 is 27.2 Å². The van der Waals surface area contributed by atoms with Gasteiger partial charge in [-0.1, -0.05) is 18.6 Å². The Morgan fingerprint density at radius 3 is 2.52 bits per heavy atom. The molecule has 0 radical (unpaired) electrons. The zero-order valence-electron chi connectivity index (χ0n) is 17.5. The molecule has 0 saturated heterocycles. The van der Waals surface area contributed by atoms with Gasteiger partial charge in [-0.05, 0) is 55.7 Å². The number of primary amides is 1. The van der Waals surface area contributed by atoms with Gasteiger partial charge in [-0.25, -0.2) is 32.8 Å². The van der Waals surface area contributed by atoms with Crippen molar-refractivity contribution in [3.8, 4) is 22.6 Å². The molecule has 2 aromatic carbocycles. The molecule has 5 N–H and O–H groups in total. The normalized spacial score (nSPS) is 18.8. The molecule has 1 heterocycles. The standard InChI is InChI=1S/C22H23FN4O5S/c23-15-10-8-13(9-11-15)19-20(17-6-1-2-7-18(17)33(25,30)31)32-21(26-19)14-4-3-5-16(12-14)27(29)22(24)28/h1-2,6-11,14,16,29H,3-5,12H2,(H2,24,28)(H2,25,30,31). The van der Waals surface area contributed by atoms with Crippen LogP contribution in [0.15, 0.2) is 57.8 Å². The van der Waals surface area contributed by atoms with E-state index in [2.05, 4.69) is 4.98 Å². The summed E-state index contributed by atoms with van der Waals surface area (Å²) in [4.78, 5) is 15.9. The number of carbonyl (C=O) groups is 1. The number of carbonyl (C=O) groups excluding carboxylic acids is 1. The number of hydrogen-bond donors (Lipinski definition) is 3. The molecule has 1 aliphatic rings. The molecule has 1 aliphatic carbocycles.